The molecular weight excluding hydrogens is 214 g/mol. The van der Waals surface area contributed by atoms with Crippen molar-refractivity contribution < 1.29 is 0 Å². The lowest BCUT2D eigenvalue weighted by Gasteiger charge is -2.03. The van der Waals surface area contributed by atoms with Crippen LogP contribution in [0.1, 0.15) is 22.6 Å². The molecule has 0 aromatic carbocycles. The number of rotatable bonds is 2. The molecule has 0 bridgehead atoms. The molecule has 0 saturated carbocycles. The maximum atomic E-state index is 8.68. The lowest BCUT2D eigenvalue weighted by atomic mass is 10.2. The Balaban J connectivity index is 2.26. The Morgan fingerprint density at radius 2 is 2.18 bits per heavy atom. The van der Waals surface area contributed by atoms with Gasteiger partial charge < -0.3 is 5.73 Å². The molecule has 0 aliphatic carbocycles. The number of aryl methyl sites for hydroxylation is 1. The highest BCUT2D eigenvalue weighted by molar-refractivity contribution is 5.47. The van der Waals surface area contributed by atoms with E-state index in [0.29, 0.717) is 12.1 Å². The van der Waals surface area contributed by atoms with Gasteiger partial charge in [0, 0.05) is 6.20 Å². The number of aromatic nitrogens is 3. The van der Waals surface area contributed by atoms with Crippen LogP contribution in [0.5, 0.6) is 0 Å². The van der Waals surface area contributed by atoms with Crippen LogP contribution < -0.4 is 5.73 Å². The van der Waals surface area contributed by atoms with Gasteiger partial charge >= 0.3 is 0 Å². The fraction of sp³-hybridized carbons (Fsp3) is 0.250. The molecule has 17 heavy (non-hydrogen) atoms. The summed E-state index contributed by atoms with van der Waals surface area (Å²) in [6.07, 6.45) is 1.56. The summed E-state index contributed by atoms with van der Waals surface area (Å²) in [7, 11) is 0. The predicted octanol–water partition coefficient (Wildman–Crippen LogP) is 1.40. The highest BCUT2D eigenvalue weighted by atomic mass is 15.3. The monoisotopic (exact) mass is 227 g/mol. The van der Waals surface area contributed by atoms with Crippen molar-refractivity contribution in [3.63, 3.8) is 0 Å². The molecule has 0 saturated heterocycles. The zero-order chi connectivity index (χ0) is 12.4. The number of hydrogen-bond donors (Lipinski definition) is 1. The SMILES string of the molecule is Cc1nn(Cc2ccc(C#N)cn2)c(C)c1N. The van der Waals surface area contributed by atoms with Gasteiger partial charge in [-0.3, -0.25) is 9.67 Å². The second-order valence-corrected chi connectivity index (χ2v) is 3.89. The summed E-state index contributed by atoms with van der Waals surface area (Å²) in [5.74, 6) is 0. The van der Waals surface area contributed by atoms with Crippen molar-refractivity contribution in [1.29, 1.82) is 5.26 Å². The number of hydrogen-bond acceptors (Lipinski definition) is 4. The number of nitriles is 1. The Hall–Kier alpha value is -2.35. The first-order valence-corrected chi connectivity index (χ1v) is 5.26. The minimum Gasteiger partial charge on any atom is -0.396 e. The molecule has 0 atom stereocenters. The quantitative estimate of drug-likeness (QED) is 0.840. The number of nitrogens with zero attached hydrogens (tertiary/aromatic N) is 4. The van der Waals surface area contributed by atoms with E-state index >= 15 is 0 Å². The van der Waals surface area contributed by atoms with Crippen LogP contribution in [-0.4, -0.2) is 14.8 Å². The van der Waals surface area contributed by atoms with Crippen molar-refractivity contribution >= 4 is 5.69 Å². The molecule has 2 aromatic rings. The summed E-state index contributed by atoms with van der Waals surface area (Å²) >= 11 is 0. The van der Waals surface area contributed by atoms with Crippen molar-refractivity contribution in [2.24, 2.45) is 0 Å². The summed E-state index contributed by atoms with van der Waals surface area (Å²) < 4.78 is 1.82. The summed E-state index contributed by atoms with van der Waals surface area (Å²) in [5, 5.41) is 13.0. The fourth-order valence-corrected chi connectivity index (χ4v) is 1.60. The van der Waals surface area contributed by atoms with Gasteiger partial charge in [0.2, 0.25) is 0 Å². The van der Waals surface area contributed by atoms with Crippen LogP contribution in [0.4, 0.5) is 5.69 Å². The van der Waals surface area contributed by atoms with Gasteiger partial charge in [0.1, 0.15) is 6.07 Å². The molecule has 5 nitrogen and oxygen atoms in total. The molecule has 2 aromatic heterocycles. The third kappa shape index (κ3) is 2.11. The Morgan fingerprint density at radius 3 is 2.65 bits per heavy atom. The molecule has 0 spiro atoms. The Labute approximate surface area is 99.5 Å². The minimum absolute atomic E-state index is 0.557. The maximum Gasteiger partial charge on any atom is 0.101 e. The molecule has 86 valence electrons. The predicted molar refractivity (Wildman–Crippen MR) is 64.2 cm³/mol. The Kier molecular flexibility index (Phi) is 2.79. The second-order valence-electron chi connectivity index (χ2n) is 3.89. The molecule has 0 aliphatic rings. The largest absolute Gasteiger partial charge is 0.396 e. The van der Waals surface area contributed by atoms with Crippen LogP contribution in [0.25, 0.3) is 0 Å². The van der Waals surface area contributed by atoms with Crippen LogP contribution in [0.15, 0.2) is 18.3 Å². The zero-order valence-electron chi connectivity index (χ0n) is 9.81. The van der Waals surface area contributed by atoms with Crippen LogP contribution in [0.2, 0.25) is 0 Å². The molecule has 5 heteroatoms. The van der Waals surface area contributed by atoms with Crippen LogP contribution in [0, 0.1) is 25.2 Å². The standard InChI is InChI=1S/C12H13N5/c1-8-12(14)9(2)17(16-8)7-11-4-3-10(5-13)6-15-11/h3-4,6H,7,14H2,1-2H3. The molecule has 0 aliphatic heterocycles. The highest BCUT2D eigenvalue weighted by Crippen LogP contribution is 2.15. The van der Waals surface area contributed by atoms with E-state index in [1.54, 1.807) is 12.3 Å². The van der Waals surface area contributed by atoms with Crippen LogP contribution in [0.3, 0.4) is 0 Å². The average molecular weight is 227 g/mol. The van der Waals surface area contributed by atoms with Gasteiger partial charge in [-0.2, -0.15) is 10.4 Å². The summed E-state index contributed by atoms with van der Waals surface area (Å²) in [6, 6.07) is 5.61. The maximum absolute atomic E-state index is 8.68. The van der Waals surface area contributed by atoms with Gasteiger partial charge in [0.05, 0.1) is 34.9 Å². The van der Waals surface area contributed by atoms with E-state index in [1.165, 1.54) is 0 Å². The Morgan fingerprint density at radius 1 is 1.41 bits per heavy atom. The Bertz CT molecular complexity index is 574. The van der Waals surface area contributed by atoms with E-state index < -0.39 is 0 Å². The van der Waals surface area contributed by atoms with E-state index in [2.05, 4.69) is 10.1 Å². The third-order valence-electron chi connectivity index (χ3n) is 2.70. The lowest BCUT2D eigenvalue weighted by molar-refractivity contribution is 0.647. The minimum atomic E-state index is 0.557. The van der Waals surface area contributed by atoms with Crippen molar-refractivity contribution in [1.82, 2.24) is 14.8 Å². The van der Waals surface area contributed by atoms with Crippen molar-refractivity contribution in [2.75, 3.05) is 5.73 Å². The van der Waals surface area contributed by atoms with E-state index in [4.69, 9.17) is 11.0 Å². The van der Waals surface area contributed by atoms with Crippen molar-refractivity contribution in [3.05, 3.63) is 41.0 Å². The topological polar surface area (TPSA) is 80.5 Å². The van der Waals surface area contributed by atoms with Crippen molar-refractivity contribution in [2.45, 2.75) is 20.4 Å². The molecule has 0 fully saturated rings. The van der Waals surface area contributed by atoms with Crippen molar-refractivity contribution in [3.8, 4) is 6.07 Å². The van der Waals surface area contributed by atoms with E-state index in [-0.39, 0.29) is 0 Å². The molecule has 0 unspecified atom stereocenters. The van der Waals surface area contributed by atoms with Crippen LogP contribution in [-0.2, 0) is 6.54 Å². The normalized spacial score (nSPS) is 10.2. The van der Waals surface area contributed by atoms with E-state index in [1.807, 2.05) is 30.7 Å². The van der Waals surface area contributed by atoms with E-state index in [0.717, 1.165) is 22.8 Å². The molecule has 2 heterocycles. The molecule has 0 amide bonds. The van der Waals surface area contributed by atoms with Gasteiger partial charge in [-0.25, -0.2) is 0 Å². The number of nitrogen functional groups attached to an aromatic ring is 1. The number of anilines is 1. The first-order valence-electron chi connectivity index (χ1n) is 5.26. The summed E-state index contributed by atoms with van der Waals surface area (Å²) in [4.78, 5) is 4.20. The van der Waals surface area contributed by atoms with Gasteiger partial charge in [-0.15, -0.1) is 0 Å². The highest BCUT2D eigenvalue weighted by Gasteiger charge is 2.08. The molecular formula is C12H13N5. The third-order valence-corrected chi connectivity index (χ3v) is 2.70. The molecule has 2 N–H and O–H groups in total. The fourth-order valence-electron chi connectivity index (χ4n) is 1.60. The van der Waals surface area contributed by atoms with Gasteiger partial charge in [-0.1, -0.05) is 0 Å². The lowest BCUT2D eigenvalue weighted by Crippen LogP contribution is -2.06. The van der Waals surface area contributed by atoms with Crippen LogP contribution >= 0.6 is 0 Å². The van der Waals surface area contributed by atoms with Gasteiger partial charge in [-0.05, 0) is 26.0 Å². The van der Waals surface area contributed by atoms with Gasteiger partial charge in [0.25, 0.3) is 0 Å². The summed E-state index contributed by atoms with van der Waals surface area (Å²) in [6.45, 7) is 4.37. The zero-order valence-corrected chi connectivity index (χ0v) is 9.81. The first-order chi connectivity index (χ1) is 8.11. The first kappa shape index (κ1) is 11.1. The number of nitrogens with two attached hydrogens (primary N) is 1. The molecule has 2 rings (SSSR count). The van der Waals surface area contributed by atoms with E-state index in [9.17, 15) is 0 Å². The number of pyridine rings is 1. The average Bonchev–Trinajstić information content (AvgIpc) is 2.58. The summed E-state index contributed by atoms with van der Waals surface area (Å²) in [5.41, 5.74) is 9.76. The van der Waals surface area contributed by atoms with Gasteiger partial charge in [0.15, 0.2) is 0 Å². The smallest absolute Gasteiger partial charge is 0.101 e. The second kappa shape index (κ2) is 4.26. The molecule has 0 radical (unpaired) electrons.